The SMILES string of the molecule is O=S(=O)(CC1CCC(c2[nH]ccc3cnc4nccc4c23)CC1)N1CCCC(C(F)(F)F)C1. The number of hydrogen-bond donors (Lipinski definition) is 1. The predicted molar refractivity (Wildman–Crippen MR) is 120 cm³/mol. The second-order valence-corrected chi connectivity index (χ2v) is 11.4. The molecule has 1 aliphatic carbocycles. The maximum atomic E-state index is 13.1. The third-order valence-corrected chi connectivity index (χ3v) is 9.29. The second-order valence-electron chi connectivity index (χ2n) is 9.40. The van der Waals surface area contributed by atoms with E-state index >= 15 is 0 Å². The van der Waals surface area contributed by atoms with Gasteiger partial charge in [-0.2, -0.15) is 13.2 Å². The van der Waals surface area contributed by atoms with Gasteiger partial charge in [0.15, 0.2) is 5.65 Å². The van der Waals surface area contributed by atoms with Crippen molar-refractivity contribution in [3.05, 3.63) is 36.4 Å². The number of piperidine rings is 1. The first kappa shape index (κ1) is 22.6. The molecule has 10 heteroatoms. The number of sulfonamides is 1. The summed E-state index contributed by atoms with van der Waals surface area (Å²) in [5.41, 5.74) is 1.83. The Kier molecular flexibility index (Phi) is 5.84. The van der Waals surface area contributed by atoms with Crippen molar-refractivity contribution in [1.82, 2.24) is 19.3 Å². The molecule has 0 spiro atoms. The number of alkyl halides is 3. The minimum absolute atomic E-state index is 0.00382. The second kappa shape index (κ2) is 8.54. The average molecular weight is 481 g/mol. The first-order chi connectivity index (χ1) is 15.7. The minimum atomic E-state index is -4.35. The molecule has 4 heterocycles. The van der Waals surface area contributed by atoms with Gasteiger partial charge in [-0.05, 0) is 62.5 Å². The zero-order valence-corrected chi connectivity index (χ0v) is 19.0. The lowest BCUT2D eigenvalue weighted by Gasteiger charge is -2.35. The lowest BCUT2D eigenvalue weighted by atomic mass is 9.80. The largest absolute Gasteiger partial charge is 0.393 e. The Morgan fingerprint density at radius 3 is 2.64 bits per heavy atom. The van der Waals surface area contributed by atoms with Crippen LogP contribution in [-0.2, 0) is 10.0 Å². The summed E-state index contributed by atoms with van der Waals surface area (Å²) in [7, 11) is -3.71. The molecule has 178 valence electrons. The molecule has 3 aromatic rings. The molecule has 0 aromatic carbocycles. The van der Waals surface area contributed by atoms with Crippen molar-refractivity contribution >= 4 is 31.8 Å². The Hall–Kier alpha value is -2.20. The van der Waals surface area contributed by atoms with Crippen LogP contribution in [0.1, 0.15) is 50.1 Å². The van der Waals surface area contributed by atoms with Crippen LogP contribution in [0.25, 0.3) is 21.8 Å². The molecular weight excluding hydrogens is 453 g/mol. The normalized spacial score (nSPS) is 25.6. The molecule has 1 atom stereocenters. The molecule has 1 aliphatic heterocycles. The Morgan fingerprint density at radius 1 is 1.09 bits per heavy atom. The van der Waals surface area contributed by atoms with Gasteiger partial charge in [-0.1, -0.05) is 0 Å². The zero-order valence-electron chi connectivity index (χ0n) is 18.2. The van der Waals surface area contributed by atoms with Gasteiger partial charge in [0.1, 0.15) is 0 Å². The molecular formula is C23H27F3N4O2S. The number of rotatable bonds is 4. The van der Waals surface area contributed by atoms with E-state index in [0.29, 0.717) is 5.65 Å². The minimum Gasteiger partial charge on any atom is -0.364 e. The quantitative estimate of drug-likeness (QED) is 0.571. The summed E-state index contributed by atoms with van der Waals surface area (Å²) in [5, 5.41) is 3.16. The van der Waals surface area contributed by atoms with E-state index in [-0.39, 0.29) is 37.0 Å². The molecule has 0 bridgehead atoms. The van der Waals surface area contributed by atoms with Gasteiger partial charge in [0.2, 0.25) is 10.0 Å². The van der Waals surface area contributed by atoms with Crippen molar-refractivity contribution < 1.29 is 21.6 Å². The number of halogens is 3. The summed E-state index contributed by atoms with van der Waals surface area (Å²) >= 11 is 0. The molecule has 1 saturated heterocycles. The Balaban J connectivity index is 1.28. The monoisotopic (exact) mass is 480 g/mol. The summed E-state index contributed by atoms with van der Waals surface area (Å²) in [4.78, 5) is 12.1. The van der Waals surface area contributed by atoms with Gasteiger partial charge >= 0.3 is 6.18 Å². The lowest BCUT2D eigenvalue weighted by molar-refractivity contribution is -0.182. The van der Waals surface area contributed by atoms with E-state index in [0.717, 1.165) is 51.8 Å². The van der Waals surface area contributed by atoms with Crippen LogP contribution in [-0.4, -0.2) is 52.7 Å². The number of H-pyrrole nitrogens is 1. The average Bonchev–Trinajstić information content (AvgIpc) is 3.28. The molecule has 0 radical (unpaired) electrons. The third-order valence-electron chi connectivity index (χ3n) is 7.28. The highest BCUT2D eigenvalue weighted by Gasteiger charge is 2.44. The fourth-order valence-electron chi connectivity index (χ4n) is 5.50. The van der Waals surface area contributed by atoms with Gasteiger partial charge in [-0.3, -0.25) is 0 Å². The van der Waals surface area contributed by atoms with E-state index in [4.69, 9.17) is 0 Å². The maximum absolute atomic E-state index is 13.1. The molecule has 6 nitrogen and oxygen atoms in total. The first-order valence-corrected chi connectivity index (χ1v) is 13.1. The highest BCUT2D eigenvalue weighted by atomic mass is 32.2. The van der Waals surface area contributed by atoms with E-state index in [1.54, 1.807) is 6.20 Å². The summed E-state index contributed by atoms with van der Waals surface area (Å²) in [6.07, 6.45) is 4.53. The molecule has 1 unspecified atom stereocenters. The van der Waals surface area contributed by atoms with E-state index in [2.05, 4.69) is 15.0 Å². The van der Waals surface area contributed by atoms with Crippen molar-refractivity contribution in [2.75, 3.05) is 18.8 Å². The molecule has 2 aliphatic rings. The number of aromatic amines is 1. The molecule has 1 saturated carbocycles. The molecule has 3 aromatic heterocycles. The third kappa shape index (κ3) is 4.47. The number of fused-ring (bicyclic) bond motifs is 3. The van der Waals surface area contributed by atoms with Crippen LogP contribution in [0, 0.1) is 11.8 Å². The van der Waals surface area contributed by atoms with E-state index in [9.17, 15) is 21.6 Å². The van der Waals surface area contributed by atoms with Crippen LogP contribution in [0.4, 0.5) is 13.2 Å². The topological polar surface area (TPSA) is 79.0 Å². The fraction of sp³-hybridized carbons (Fsp3) is 0.565. The Labute approximate surface area is 190 Å². The molecule has 1 N–H and O–H groups in total. The van der Waals surface area contributed by atoms with Gasteiger partial charge in [0.25, 0.3) is 0 Å². The predicted octanol–water partition coefficient (Wildman–Crippen LogP) is 4.99. The van der Waals surface area contributed by atoms with Crippen LogP contribution in [0.5, 0.6) is 0 Å². The standard InChI is InChI=1S/C23H27F3N4O2S/c24-23(25,26)18-2-1-11-30(13-18)33(31,32)14-15-3-5-16(6-4-15)21-20-17(7-9-27-21)12-29-22-19(20)8-10-28-22/h7-10,12,15-16,18,27H,1-6,11,13-14H2. The molecule has 33 heavy (non-hydrogen) atoms. The van der Waals surface area contributed by atoms with Crippen molar-refractivity contribution in [1.29, 1.82) is 0 Å². The fourth-order valence-corrected chi connectivity index (χ4v) is 7.46. The van der Waals surface area contributed by atoms with Gasteiger partial charge in [0, 0.05) is 53.5 Å². The van der Waals surface area contributed by atoms with Crippen LogP contribution >= 0.6 is 0 Å². The number of nitrogens with zero attached hydrogens (tertiary/aromatic N) is 3. The van der Waals surface area contributed by atoms with Gasteiger partial charge < -0.3 is 4.98 Å². The molecule has 5 rings (SSSR count). The number of hydrogen-bond acceptors (Lipinski definition) is 4. The maximum Gasteiger partial charge on any atom is 0.393 e. The highest BCUT2D eigenvalue weighted by molar-refractivity contribution is 7.89. The molecule has 0 amide bonds. The summed E-state index contributed by atoms with van der Waals surface area (Å²) in [5.74, 6) is -1.40. The van der Waals surface area contributed by atoms with E-state index in [1.165, 1.54) is 0 Å². The van der Waals surface area contributed by atoms with Crippen molar-refractivity contribution in [3.8, 4) is 0 Å². The smallest absolute Gasteiger partial charge is 0.364 e. The van der Waals surface area contributed by atoms with Crippen molar-refractivity contribution in [3.63, 3.8) is 0 Å². The summed E-state index contributed by atoms with van der Waals surface area (Å²) < 4.78 is 66.3. The molecule has 2 fully saturated rings. The van der Waals surface area contributed by atoms with E-state index < -0.39 is 28.7 Å². The van der Waals surface area contributed by atoms with Crippen LogP contribution in [0.15, 0.2) is 30.7 Å². The Bertz CT molecular complexity index is 1250. The summed E-state index contributed by atoms with van der Waals surface area (Å²) in [6.45, 7) is -0.253. The number of nitrogens with one attached hydrogen (secondary N) is 1. The van der Waals surface area contributed by atoms with Gasteiger partial charge in [0.05, 0.1) is 11.7 Å². The summed E-state index contributed by atoms with van der Waals surface area (Å²) in [6, 6.07) is 3.95. The Morgan fingerprint density at radius 2 is 1.88 bits per heavy atom. The lowest BCUT2D eigenvalue weighted by Crippen LogP contribution is -2.46. The highest BCUT2D eigenvalue weighted by Crippen LogP contribution is 2.40. The van der Waals surface area contributed by atoms with Gasteiger partial charge in [-0.25, -0.2) is 22.7 Å². The first-order valence-electron chi connectivity index (χ1n) is 11.5. The van der Waals surface area contributed by atoms with Crippen LogP contribution in [0.2, 0.25) is 0 Å². The van der Waals surface area contributed by atoms with E-state index in [1.807, 2.05) is 24.5 Å². The van der Waals surface area contributed by atoms with Crippen LogP contribution in [0.3, 0.4) is 0 Å². The van der Waals surface area contributed by atoms with Gasteiger partial charge in [-0.15, -0.1) is 0 Å². The number of aromatic nitrogens is 3. The van der Waals surface area contributed by atoms with Crippen molar-refractivity contribution in [2.45, 2.75) is 50.6 Å². The van der Waals surface area contributed by atoms with Crippen molar-refractivity contribution in [2.24, 2.45) is 11.8 Å². The number of pyridine rings is 2. The zero-order chi connectivity index (χ0) is 23.2. The van der Waals surface area contributed by atoms with Crippen LogP contribution < -0.4 is 0 Å².